The Morgan fingerprint density at radius 2 is 1.94 bits per heavy atom. The SMILES string of the molecule is COc1cc(Cl)c(C(O)C(O)CN)cc1Cl. The summed E-state index contributed by atoms with van der Waals surface area (Å²) in [7, 11) is 1.46. The number of hydrogen-bond acceptors (Lipinski definition) is 4. The number of hydrogen-bond donors (Lipinski definition) is 3. The lowest BCUT2D eigenvalue weighted by atomic mass is 10.0. The van der Waals surface area contributed by atoms with E-state index < -0.39 is 12.2 Å². The Morgan fingerprint density at radius 3 is 2.44 bits per heavy atom. The molecule has 16 heavy (non-hydrogen) atoms. The second-order valence-corrected chi connectivity index (χ2v) is 4.07. The zero-order valence-corrected chi connectivity index (χ0v) is 10.2. The van der Waals surface area contributed by atoms with Crippen molar-refractivity contribution in [2.45, 2.75) is 12.2 Å². The lowest BCUT2D eigenvalue weighted by molar-refractivity contribution is 0.0244. The van der Waals surface area contributed by atoms with Gasteiger partial charge < -0.3 is 20.7 Å². The highest BCUT2D eigenvalue weighted by Gasteiger charge is 2.21. The molecular weight excluding hydrogens is 253 g/mol. The highest BCUT2D eigenvalue weighted by Crippen LogP contribution is 2.34. The van der Waals surface area contributed by atoms with Crippen molar-refractivity contribution in [3.05, 3.63) is 27.7 Å². The van der Waals surface area contributed by atoms with Crippen LogP contribution in [0.1, 0.15) is 11.7 Å². The monoisotopic (exact) mass is 265 g/mol. The molecule has 4 nitrogen and oxygen atoms in total. The van der Waals surface area contributed by atoms with Gasteiger partial charge in [0, 0.05) is 18.2 Å². The summed E-state index contributed by atoms with van der Waals surface area (Å²) in [6.45, 7) is -0.0683. The van der Waals surface area contributed by atoms with Crippen LogP contribution >= 0.6 is 23.2 Å². The van der Waals surface area contributed by atoms with E-state index in [9.17, 15) is 10.2 Å². The fourth-order valence-electron chi connectivity index (χ4n) is 1.26. The Morgan fingerprint density at radius 1 is 1.31 bits per heavy atom. The summed E-state index contributed by atoms with van der Waals surface area (Å²) in [6, 6.07) is 2.93. The predicted octanol–water partition coefficient (Wildman–Crippen LogP) is 1.36. The Hall–Kier alpha value is -0.520. The number of methoxy groups -OCH3 is 1. The van der Waals surface area contributed by atoms with Gasteiger partial charge in [-0.05, 0) is 6.07 Å². The summed E-state index contributed by atoms with van der Waals surface area (Å²) in [6.07, 6.45) is -2.25. The highest BCUT2D eigenvalue weighted by molar-refractivity contribution is 6.34. The van der Waals surface area contributed by atoms with E-state index in [2.05, 4.69) is 0 Å². The zero-order valence-electron chi connectivity index (χ0n) is 8.65. The zero-order chi connectivity index (χ0) is 12.3. The molecule has 0 aliphatic heterocycles. The van der Waals surface area contributed by atoms with E-state index in [1.807, 2.05) is 0 Å². The minimum Gasteiger partial charge on any atom is -0.495 e. The first kappa shape index (κ1) is 13.5. The molecule has 2 unspecified atom stereocenters. The van der Waals surface area contributed by atoms with E-state index >= 15 is 0 Å². The molecule has 4 N–H and O–H groups in total. The van der Waals surface area contributed by atoms with Crippen LogP contribution < -0.4 is 10.5 Å². The van der Waals surface area contributed by atoms with Crippen LogP contribution in [-0.4, -0.2) is 30.0 Å². The fraction of sp³-hybridized carbons (Fsp3) is 0.400. The second-order valence-electron chi connectivity index (χ2n) is 3.26. The normalized spacial score (nSPS) is 14.6. The maximum atomic E-state index is 9.74. The smallest absolute Gasteiger partial charge is 0.138 e. The highest BCUT2D eigenvalue weighted by atomic mass is 35.5. The van der Waals surface area contributed by atoms with Crippen molar-refractivity contribution in [1.29, 1.82) is 0 Å². The first-order chi connectivity index (χ1) is 7.51. The van der Waals surface area contributed by atoms with Gasteiger partial charge in [-0.3, -0.25) is 0 Å². The summed E-state index contributed by atoms with van der Waals surface area (Å²) in [5.41, 5.74) is 5.57. The van der Waals surface area contributed by atoms with E-state index in [0.29, 0.717) is 16.3 Å². The van der Waals surface area contributed by atoms with Crippen molar-refractivity contribution in [3.63, 3.8) is 0 Å². The molecule has 0 fully saturated rings. The maximum Gasteiger partial charge on any atom is 0.138 e. The first-order valence-electron chi connectivity index (χ1n) is 4.60. The van der Waals surface area contributed by atoms with E-state index in [-0.39, 0.29) is 11.6 Å². The van der Waals surface area contributed by atoms with Crippen LogP contribution in [-0.2, 0) is 0 Å². The fourth-order valence-corrected chi connectivity index (χ4v) is 1.78. The predicted molar refractivity (Wildman–Crippen MR) is 63.0 cm³/mol. The summed E-state index contributed by atoms with van der Waals surface area (Å²) < 4.78 is 4.96. The standard InChI is InChI=1S/C10H13Cl2NO3/c1-16-9-3-6(11)5(2-7(9)12)10(15)8(14)4-13/h2-3,8,10,14-15H,4,13H2,1H3. The van der Waals surface area contributed by atoms with Gasteiger partial charge in [0.05, 0.1) is 23.3 Å². The number of benzene rings is 1. The van der Waals surface area contributed by atoms with Crippen molar-refractivity contribution >= 4 is 23.2 Å². The van der Waals surface area contributed by atoms with E-state index in [0.717, 1.165) is 0 Å². The largest absolute Gasteiger partial charge is 0.495 e. The Bertz CT molecular complexity index is 373. The molecule has 0 heterocycles. The maximum absolute atomic E-state index is 9.74. The molecule has 2 atom stereocenters. The number of nitrogens with two attached hydrogens (primary N) is 1. The minimum absolute atomic E-state index is 0.0683. The molecule has 1 aromatic rings. The molecule has 6 heteroatoms. The summed E-state index contributed by atoms with van der Waals surface area (Å²) in [5.74, 6) is 0.407. The number of ether oxygens (including phenoxy) is 1. The van der Waals surface area contributed by atoms with Crippen LogP contribution in [0, 0.1) is 0 Å². The number of rotatable bonds is 4. The van der Waals surface area contributed by atoms with E-state index in [1.165, 1.54) is 19.2 Å². The van der Waals surface area contributed by atoms with Crippen molar-refractivity contribution in [3.8, 4) is 5.75 Å². The Labute approximate surface area is 104 Å². The molecule has 90 valence electrons. The van der Waals surface area contributed by atoms with Crippen LogP contribution in [0.25, 0.3) is 0 Å². The molecule has 1 rings (SSSR count). The number of aliphatic hydroxyl groups excluding tert-OH is 2. The van der Waals surface area contributed by atoms with Gasteiger partial charge in [-0.1, -0.05) is 23.2 Å². The molecular formula is C10H13Cl2NO3. The Balaban J connectivity index is 3.10. The average Bonchev–Trinajstić information content (AvgIpc) is 2.29. The molecule has 0 aliphatic rings. The third-order valence-corrected chi connectivity index (χ3v) is 2.82. The second kappa shape index (κ2) is 5.70. The van der Waals surface area contributed by atoms with Gasteiger partial charge >= 0.3 is 0 Å². The Kier molecular flexibility index (Phi) is 4.83. The lowest BCUT2D eigenvalue weighted by Crippen LogP contribution is -2.27. The summed E-state index contributed by atoms with van der Waals surface area (Å²) in [5, 5.41) is 19.7. The first-order valence-corrected chi connectivity index (χ1v) is 5.36. The molecule has 0 saturated carbocycles. The molecule has 1 aromatic carbocycles. The third-order valence-electron chi connectivity index (χ3n) is 2.20. The van der Waals surface area contributed by atoms with Gasteiger partial charge in [0.25, 0.3) is 0 Å². The average molecular weight is 266 g/mol. The molecule has 0 saturated heterocycles. The van der Waals surface area contributed by atoms with E-state index in [1.54, 1.807) is 0 Å². The van der Waals surface area contributed by atoms with Gasteiger partial charge in [-0.15, -0.1) is 0 Å². The molecule has 0 bridgehead atoms. The van der Waals surface area contributed by atoms with E-state index in [4.69, 9.17) is 33.7 Å². The lowest BCUT2D eigenvalue weighted by Gasteiger charge is -2.18. The summed E-state index contributed by atoms with van der Waals surface area (Å²) >= 11 is 11.8. The van der Waals surface area contributed by atoms with Crippen molar-refractivity contribution < 1.29 is 14.9 Å². The van der Waals surface area contributed by atoms with Crippen LogP contribution in [0.5, 0.6) is 5.75 Å². The molecule has 0 amide bonds. The molecule has 0 radical (unpaired) electrons. The van der Waals surface area contributed by atoms with Crippen molar-refractivity contribution in [2.75, 3.05) is 13.7 Å². The van der Waals surface area contributed by atoms with Crippen molar-refractivity contribution in [2.24, 2.45) is 5.73 Å². The van der Waals surface area contributed by atoms with Crippen LogP contribution in [0.4, 0.5) is 0 Å². The molecule has 0 aromatic heterocycles. The van der Waals surface area contributed by atoms with Crippen LogP contribution in [0.3, 0.4) is 0 Å². The third kappa shape index (κ3) is 2.78. The van der Waals surface area contributed by atoms with Gasteiger partial charge in [-0.25, -0.2) is 0 Å². The number of halogens is 2. The number of aliphatic hydroxyl groups is 2. The molecule has 0 aliphatic carbocycles. The van der Waals surface area contributed by atoms with Gasteiger partial charge in [-0.2, -0.15) is 0 Å². The van der Waals surface area contributed by atoms with Crippen molar-refractivity contribution in [1.82, 2.24) is 0 Å². The van der Waals surface area contributed by atoms with Crippen LogP contribution in [0.15, 0.2) is 12.1 Å². The van der Waals surface area contributed by atoms with Gasteiger partial charge in [0.15, 0.2) is 0 Å². The summed E-state index contributed by atoms with van der Waals surface area (Å²) in [4.78, 5) is 0. The quantitative estimate of drug-likeness (QED) is 0.769. The minimum atomic E-state index is -1.17. The topological polar surface area (TPSA) is 75.7 Å². The van der Waals surface area contributed by atoms with Gasteiger partial charge in [0.1, 0.15) is 11.9 Å². The molecule has 0 spiro atoms. The van der Waals surface area contributed by atoms with Gasteiger partial charge in [0.2, 0.25) is 0 Å². The van der Waals surface area contributed by atoms with Crippen LogP contribution in [0.2, 0.25) is 10.0 Å².